The number of benzene rings is 10. The van der Waals surface area contributed by atoms with E-state index in [2.05, 4.69) is 194 Å². The van der Waals surface area contributed by atoms with Crippen LogP contribution < -0.4 is 0 Å². The van der Waals surface area contributed by atoms with E-state index in [0.717, 1.165) is 0 Å². The minimum Gasteiger partial charge on any atom is -0.0622 e. The third-order valence-electron chi connectivity index (χ3n) is 12.2. The van der Waals surface area contributed by atoms with Crippen LogP contribution in [0.3, 0.4) is 0 Å². The normalized spacial score (nSPS) is 13.4. The van der Waals surface area contributed by atoms with Crippen molar-refractivity contribution < 1.29 is 0 Å². The Bertz CT molecular complexity index is 3060. The van der Waals surface area contributed by atoms with Crippen LogP contribution in [-0.4, -0.2) is 0 Å². The zero-order valence-corrected chi connectivity index (χ0v) is 29.0. The predicted molar refractivity (Wildman–Crippen MR) is 224 cm³/mol. The van der Waals surface area contributed by atoms with Gasteiger partial charge in [-0.05, 0) is 128 Å². The smallest absolute Gasteiger partial charge is 0.0622 e. The van der Waals surface area contributed by atoms with Gasteiger partial charge in [-0.3, -0.25) is 0 Å². The van der Waals surface area contributed by atoms with E-state index in [1.165, 1.54) is 110 Å². The van der Waals surface area contributed by atoms with Crippen molar-refractivity contribution in [1.82, 2.24) is 0 Å². The molecule has 0 atom stereocenters. The molecule has 0 aliphatic heterocycles. The summed E-state index contributed by atoms with van der Waals surface area (Å²) in [6, 6.07) is 72.9. The Morgan fingerprint density at radius 3 is 1.30 bits per heavy atom. The monoisotopic (exact) mass is 668 g/mol. The maximum Gasteiger partial charge on any atom is 0.0726 e. The largest absolute Gasteiger partial charge is 0.0726 e. The van der Waals surface area contributed by atoms with Crippen LogP contribution >= 0.6 is 0 Å². The van der Waals surface area contributed by atoms with Crippen LogP contribution in [0.5, 0.6) is 0 Å². The second kappa shape index (κ2) is 10.6. The molecule has 1 spiro atoms. The van der Waals surface area contributed by atoms with Crippen LogP contribution in [0.1, 0.15) is 22.3 Å². The van der Waals surface area contributed by atoms with Gasteiger partial charge in [0.1, 0.15) is 0 Å². The maximum absolute atomic E-state index is 2.59. The molecule has 2 aliphatic rings. The second-order valence-corrected chi connectivity index (χ2v) is 14.7. The molecule has 2 aliphatic carbocycles. The fraction of sp³-hybridized carbons (Fsp3) is 0.0189. The fourth-order valence-electron chi connectivity index (χ4n) is 10.2. The van der Waals surface area contributed by atoms with Gasteiger partial charge in [0.05, 0.1) is 5.41 Å². The first-order chi connectivity index (χ1) is 26.3. The molecule has 0 aromatic heterocycles. The van der Waals surface area contributed by atoms with Gasteiger partial charge in [-0.1, -0.05) is 176 Å². The number of hydrogen-bond donors (Lipinski definition) is 0. The van der Waals surface area contributed by atoms with Gasteiger partial charge < -0.3 is 0 Å². The van der Waals surface area contributed by atoms with Gasteiger partial charge in [-0.25, -0.2) is 0 Å². The summed E-state index contributed by atoms with van der Waals surface area (Å²) in [6.45, 7) is 0. The van der Waals surface area contributed by atoms with Crippen molar-refractivity contribution in [2.75, 3.05) is 0 Å². The van der Waals surface area contributed by atoms with E-state index in [1.54, 1.807) is 0 Å². The molecule has 0 bridgehead atoms. The first-order valence-corrected chi connectivity index (χ1v) is 18.6. The minimum atomic E-state index is -0.462. The van der Waals surface area contributed by atoms with Crippen molar-refractivity contribution in [2.24, 2.45) is 0 Å². The van der Waals surface area contributed by atoms with Crippen LogP contribution in [-0.2, 0) is 5.41 Å². The first kappa shape index (κ1) is 28.9. The molecule has 10 aromatic carbocycles. The summed E-state index contributed by atoms with van der Waals surface area (Å²) < 4.78 is 0. The molecule has 0 saturated heterocycles. The summed E-state index contributed by atoms with van der Waals surface area (Å²) in [5.41, 5.74) is 15.5. The third kappa shape index (κ3) is 3.70. The summed E-state index contributed by atoms with van der Waals surface area (Å²) >= 11 is 0. The van der Waals surface area contributed by atoms with Gasteiger partial charge in [0, 0.05) is 0 Å². The third-order valence-corrected chi connectivity index (χ3v) is 12.2. The Morgan fingerprint density at radius 2 is 0.698 bits per heavy atom. The van der Waals surface area contributed by atoms with Gasteiger partial charge in [-0.15, -0.1) is 0 Å². The second-order valence-electron chi connectivity index (χ2n) is 14.7. The van der Waals surface area contributed by atoms with Crippen molar-refractivity contribution in [3.05, 3.63) is 216 Å². The zero-order chi connectivity index (χ0) is 34.7. The topological polar surface area (TPSA) is 0 Å². The highest BCUT2D eigenvalue weighted by Crippen LogP contribution is 2.65. The van der Waals surface area contributed by atoms with Gasteiger partial charge in [0.25, 0.3) is 0 Å². The number of fused-ring (bicyclic) bond motifs is 15. The van der Waals surface area contributed by atoms with Crippen LogP contribution in [0.2, 0.25) is 0 Å². The fourth-order valence-corrected chi connectivity index (χ4v) is 10.2. The summed E-state index contributed by atoms with van der Waals surface area (Å²) in [5, 5.41) is 10.2. The van der Waals surface area contributed by atoms with E-state index in [4.69, 9.17) is 0 Å². The van der Waals surface area contributed by atoms with Crippen molar-refractivity contribution in [1.29, 1.82) is 0 Å². The SMILES string of the molecule is c1ccc(-c2c3ccccc3c(-c3cc4c(c5ccccc35)-c3cc5ccccc5cc3C43c4ccccc4-c4ccccc43)c3ccccc23)cc1. The molecule has 0 radical (unpaired) electrons. The Balaban J connectivity index is 1.30. The Morgan fingerprint density at radius 1 is 0.245 bits per heavy atom. The van der Waals surface area contributed by atoms with Crippen molar-refractivity contribution in [2.45, 2.75) is 5.41 Å². The predicted octanol–water partition coefficient (Wildman–Crippen LogP) is 14.0. The maximum atomic E-state index is 2.59. The first-order valence-electron chi connectivity index (χ1n) is 18.6. The van der Waals surface area contributed by atoms with Gasteiger partial charge in [0.15, 0.2) is 0 Å². The van der Waals surface area contributed by atoms with Gasteiger partial charge >= 0.3 is 0 Å². The number of hydrogen-bond acceptors (Lipinski definition) is 0. The lowest BCUT2D eigenvalue weighted by molar-refractivity contribution is 0.796. The minimum absolute atomic E-state index is 0.462. The molecular weight excluding hydrogens is 637 g/mol. The molecular formula is C53H32. The highest BCUT2D eigenvalue weighted by atomic mass is 14.5. The molecule has 53 heavy (non-hydrogen) atoms. The molecule has 12 rings (SSSR count). The molecule has 10 aromatic rings. The van der Waals surface area contributed by atoms with Crippen LogP contribution in [0, 0.1) is 0 Å². The van der Waals surface area contributed by atoms with Crippen molar-refractivity contribution >= 4 is 43.1 Å². The molecule has 0 heteroatoms. The average Bonchev–Trinajstić information content (AvgIpc) is 3.69. The summed E-state index contributed by atoms with van der Waals surface area (Å²) in [4.78, 5) is 0. The average molecular weight is 669 g/mol. The standard InChI is InChI=1S/C53H32/c1-2-16-33(17-3-1)50-40-24-8-10-26-42(40)51(43-27-11-9-25-41(43)50)44-32-49-52(39-23-7-6-20-36(39)44)45-30-34-18-4-5-19-35(34)31-48(45)53(49)46-28-14-12-21-37(46)38-22-13-15-29-47(38)53/h1-32H. The molecule has 0 fully saturated rings. The lowest BCUT2D eigenvalue weighted by atomic mass is 9.69. The molecule has 244 valence electrons. The molecule has 0 unspecified atom stereocenters. The lowest BCUT2D eigenvalue weighted by Crippen LogP contribution is -2.26. The summed E-state index contributed by atoms with van der Waals surface area (Å²) in [7, 11) is 0. The molecule has 0 heterocycles. The summed E-state index contributed by atoms with van der Waals surface area (Å²) in [6.07, 6.45) is 0. The van der Waals surface area contributed by atoms with E-state index in [1.807, 2.05) is 0 Å². The Hall–Kier alpha value is -6.76. The highest BCUT2D eigenvalue weighted by Gasteiger charge is 2.52. The van der Waals surface area contributed by atoms with E-state index in [0.29, 0.717) is 0 Å². The van der Waals surface area contributed by atoms with Gasteiger partial charge in [-0.2, -0.15) is 0 Å². The van der Waals surface area contributed by atoms with E-state index < -0.39 is 5.41 Å². The quantitative estimate of drug-likeness (QED) is 0.161. The van der Waals surface area contributed by atoms with E-state index >= 15 is 0 Å². The molecule has 0 amide bonds. The molecule has 0 nitrogen and oxygen atoms in total. The summed E-state index contributed by atoms with van der Waals surface area (Å²) in [5.74, 6) is 0. The van der Waals surface area contributed by atoms with Crippen LogP contribution in [0.25, 0.3) is 87.6 Å². The molecule has 0 saturated carbocycles. The lowest BCUT2D eigenvalue weighted by Gasteiger charge is -2.31. The Labute approximate surface area is 308 Å². The van der Waals surface area contributed by atoms with Crippen LogP contribution in [0.15, 0.2) is 194 Å². The highest BCUT2D eigenvalue weighted by molar-refractivity contribution is 6.25. The molecule has 0 N–H and O–H groups in total. The zero-order valence-electron chi connectivity index (χ0n) is 29.0. The van der Waals surface area contributed by atoms with Crippen molar-refractivity contribution in [3.63, 3.8) is 0 Å². The Kier molecular flexibility index (Phi) is 5.80. The van der Waals surface area contributed by atoms with Crippen LogP contribution in [0.4, 0.5) is 0 Å². The van der Waals surface area contributed by atoms with Gasteiger partial charge in [0.2, 0.25) is 0 Å². The van der Waals surface area contributed by atoms with E-state index in [-0.39, 0.29) is 0 Å². The van der Waals surface area contributed by atoms with Crippen molar-refractivity contribution in [3.8, 4) is 44.5 Å². The van der Waals surface area contributed by atoms with E-state index in [9.17, 15) is 0 Å². The number of rotatable bonds is 2.